The molecule has 23 heavy (non-hydrogen) atoms. The van der Waals surface area contributed by atoms with Gasteiger partial charge in [0.1, 0.15) is 10.0 Å². The van der Waals surface area contributed by atoms with Gasteiger partial charge in [0.15, 0.2) is 0 Å². The molecule has 0 aliphatic carbocycles. The molecule has 122 valence electrons. The van der Waals surface area contributed by atoms with Crippen LogP contribution in [0.2, 0.25) is 0 Å². The first kappa shape index (κ1) is 15.9. The highest BCUT2D eigenvalue weighted by Gasteiger charge is 2.16. The lowest BCUT2D eigenvalue weighted by Gasteiger charge is -2.16. The van der Waals surface area contributed by atoms with Crippen molar-refractivity contribution in [2.75, 3.05) is 23.3 Å². The second-order valence-electron chi connectivity index (χ2n) is 5.25. The predicted octanol–water partition coefficient (Wildman–Crippen LogP) is 1.64. The van der Waals surface area contributed by atoms with Crippen molar-refractivity contribution in [1.29, 1.82) is 0 Å². The first-order chi connectivity index (χ1) is 10.9. The Balaban J connectivity index is 1.69. The van der Waals surface area contributed by atoms with Crippen LogP contribution in [0.25, 0.3) is 0 Å². The Bertz CT molecular complexity index is 809. The molecule has 9 heteroatoms. The van der Waals surface area contributed by atoms with Gasteiger partial charge in [-0.1, -0.05) is 0 Å². The number of rotatable bonds is 4. The standard InChI is InChI=1S/C14H16N4O3S2/c15-23(20,21)13-7-10(9-22-13)14(19)17-11-3-4-12(16-8-11)18-5-1-2-6-18/h3-4,7-9H,1-2,5-6H2,(H,17,19)(H2,15,20,21). The van der Waals surface area contributed by atoms with Crippen molar-refractivity contribution in [3.63, 3.8) is 0 Å². The van der Waals surface area contributed by atoms with Crippen LogP contribution in [0.15, 0.2) is 34.0 Å². The fourth-order valence-electron chi connectivity index (χ4n) is 2.38. The molecule has 2 aromatic rings. The number of pyridine rings is 1. The molecular weight excluding hydrogens is 336 g/mol. The van der Waals surface area contributed by atoms with Crippen LogP contribution in [-0.2, 0) is 10.0 Å². The molecule has 0 radical (unpaired) electrons. The zero-order chi connectivity index (χ0) is 16.4. The van der Waals surface area contributed by atoms with Crippen LogP contribution in [0.4, 0.5) is 11.5 Å². The van der Waals surface area contributed by atoms with Crippen molar-refractivity contribution in [3.8, 4) is 0 Å². The zero-order valence-electron chi connectivity index (χ0n) is 12.2. The number of anilines is 2. The number of carbonyl (C=O) groups excluding carboxylic acids is 1. The summed E-state index contributed by atoms with van der Waals surface area (Å²) in [5.74, 6) is 0.499. The van der Waals surface area contributed by atoms with Crippen LogP contribution < -0.4 is 15.4 Å². The summed E-state index contributed by atoms with van der Waals surface area (Å²) in [4.78, 5) is 18.7. The van der Waals surface area contributed by atoms with Crippen LogP contribution in [-0.4, -0.2) is 32.4 Å². The van der Waals surface area contributed by atoms with Crippen LogP contribution in [0.3, 0.4) is 0 Å². The van der Waals surface area contributed by atoms with Crippen LogP contribution in [0.1, 0.15) is 23.2 Å². The van der Waals surface area contributed by atoms with Gasteiger partial charge in [-0.25, -0.2) is 18.5 Å². The lowest BCUT2D eigenvalue weighted by molar-refractivity contribution is 0.102. The monoisotopic (exact) mass is 352 g/mol. The molecule has 3 N–H and O–H groups in total. The first-order valence-electron chi connectivity index (χ1n) is 7.07. The number of hydrogen-bond acceptors (Lipinski definition) is 6. The number of thiophene rings is 1. The molecule has 3 heterocycles. The Morgan fingerprint density at radius 1 is 1.30 bits per heavy atom. The van der Waals surface area contributed by atoms with Crippen molar-refractivity contribution in [2.45, 2.75) is 17.1 Å². The summed E-state index contributed by atoms with van der Waals surface area (Å²) in [6, 6.07) is 4.91. The van der Waals surface area contributed by atoms with E-state index in [1.165, 1.54) is 24.3 Å². The Morgan fingerprint density at radius 2 is 2.04 bits per heavy atom. The largest absolute Gasteiger partial charge is 0.357 e. The molecule has 2 aromatic heterocycles. The molecule has 0 saturated carbocycles. The predicted molar refractivity (Wildman–Crippen MR) is 89.3 cm³/mol. The van der Waals surface area contributed by atoms with Gasteiger partial charge in [0.05, 0.1) is 17.4 Å². The van der Waals surface area contributed by atoms with Gasteiger partial charge in [0.2, 0.25) is 10.0 Å². The first-order valence-corrected chi connectivity index (χ1v) is 9.50. The average molecular weight is 352 g/mol. The summed E-state index contributed by atoms with van der Waals surface area (Å²) < 4.78 is 22.4. The van der Waals surface area contributed by atoms with E-state index in [-0.39, 0.29) is 9.77 Å². The smallest absolute Gasteiger partial charge is 0.256 e. The number of sulfonamides is 1. The lowest BCUT2D eigenvalue weighted by atomic mass is 10.3. The van der Waals surface area contributed by atoms with Crippen LogP contribution >= 0.6 is 11.3 Å². The summed E-state index contributed by atoms with van der Waals surface area (Å²) in [5.41, 5.74) is 0.809. The van der Waals surface area contributed by atoms with Crippen molar-refractivity contribution in [2.24, 2.45) is 5.14 Å². The highest BCUT2D eigenvalue weighted by atomic mass is 32.2. The molecule has 0 aromatic carbocycles. The maximum atomic E-state index is 12.1. The number of carbonyl (C=O) groups is 1. The molecule has 0 spiro atoms. The van der Waals surface area contributed by atoms with E-state index < -0.39 is 15.9 Å². The number of aromatic nitrogens is 1. The van der Waals surface area contributed by atoms with E-state index in [1.54, 1.807) is 12.3 Å². The normalized spacial score (nSPS) is 14.9. The van der Waals surface area contributed by atoms with Gasteiger partial charge in [-0.2, -0.15) is 0 Å². The van der Waals surface area contributed by atoms with Gasteiger partial charge in [-0.15, -0.1) is 11.3 Å². The summed E-state index contributed by atoms with van der Waals surface area (Å²) >= 11 is 0.919. The topological polar surface area (TPSA) is 105 Å². The molecule has 1 aliphatic heterocycles. The minimum Gasteiger partial charge on any atom is -0.357 e. The number of amides is 1. The van der Waals surface area contributed by atoms with Gasteiger partial charge in [0.25, 0.3) is 5.91 Å². The Kier molecular flexibility index (Phi) is 4.33. The van der Waals surface area contributed by atoms with Crippen molar-refractivity contribution < 1.29 is 13.2 Å². The quantitative estimate of drug-likeness (QED) is 0.870. The van der Waals surface area contributed by atoms with Crippen molar-refractivity contribution in [3.05, 3.63) is 35.3 Å². The molecule has 3 rings (SSSR count). The minimum absolute atomic E-state index is 0.0369. The maximum Gasteiger partial charge on any atom is 0.256 e. The van der Waals surface area contributed by atoms with Crippen molar-refractivity contribution >= 4 is 38.8 Å². The SMILES string of the molecule is NS(=O)(=O)c1cc(C(=O)Nc2ccc(N3CCCC3)nc2)cs1. The highest BCUT2D eigenvalue weighted by Crippen LogP contribution is 2.21. The fraction of sp³-hybridized carbons (Fsp3) is 0.286. The second kappa shape index (κ2) is 6.26. The third-order valence-corrected chi connectivity index (χ3v) is 5.94. The van der Waals surface area contributed by atoms with E-state index in [1.807, 2.05) is 6.07 Å². The van der Waals surface area contributed by atoms with Gasteiger partial charge in [-0.05, 0) is 31.0 Å². The number of nitrogens with zero attached hydrogens (tertiary/aromatic N) is 2. The summed E-state index contributed by atoms with van der Waals surface area (Å²) in [6.07, 6.45) is 3.94. The number of nitrogens with two attached hydrogens (primary N) is 1. The third kappa shape index (κ3) is 3.69. The highest BCUT2D eigenvalue weighted by molar-refractivity contribution is 7.91. The number of primary sulfonamides is 1. The van der Waals surface area contributed by atoms with Crippen LogP contribution in [0.5, 0.6) is 0 Å². The molecule has 1 saturated heterocycles. The molecule has 1 aliphatic rings. The molecular formula is C14H16N4O3S2. The van der Waals surface area contributed by atoms with Gasteiger partial charge in [-0.3, -0.25) is 4.79 Å². The maximum absolute atomic E-state index is 12.1. The minimum atomic E-state index is -3.78. The Labute approximate surface area is 138 Å². The Morgan fingerprint density at radius 3 is 2.61 bits per heavy atom. The summed E-state index contributed by atoms with van der Waals surface area (Å²) in [7, 11) is -3.78. The van der Waals surface area contributed by atoms with E-state index in [2.05, 4.69) is 15.2 Å². The van der Waals surface area contributed by atoms with Gasteiger partial charge < -0.3 is 10.2 Å². The average Bonchev–Trinajstić information content (AvgIpc) is 3.19. The third-order valence-electron chi connectivity index (χ3n) is 3.55. The second-order valence-corrected chi connectivity index (χ2v) is 7.95. The number of hydrogen-bond donors (Lipinski definition) is 2. The van der Waals surface area contributed by atoms with Crippen molar-refractivity contribution in [1.82, 2.24) is 4.98 Å². The van der Waals surface area contributed by atoms with Crippen LogP contribution in [0, 0.1) is 0 Å². The van der Waals surface area contributed by atoms with E-state index in [4.69, 9.17) is 5.14 Å². The van der Waals surface area contributed by atoms with E-state index in [0.717, 1.165) is 30.2 Å². The molecule has 1 amide bonds. The van der Waals surface area contributed by atoms with Gasteiger partial charge in [0, 0.05) is 18.5 Å². The summed E-state index contributed by atoms with van der Waals surface area (Å²) in [6.45, 7) is 2.01. The summed E-state index contributed by atoms with van der Waals surface area (Å²) in [5, 5.41) is 9.19. The number of nitrogens with one attached hydrogen (secondary N) is 1. The Hall–Kier alpha value is -1.97. The lowest BCUT2D eigenvalue weighted by Crippen LogP contribution is -2.19. The molecule has 0 unspecified atom stereocenters. The van der Waals surface area contributed by atoms with E-state index in [9.17, 15) is 13.2 Å². The van der Waals surface area contributed by atoms with E-state index >= 15 is 0 Å². The fourth-order valence-corrected chi connectivity index (χ4v) is 3.97. The van der Waals surface area contributed by atoms with Gasteiger partial charge >= 0.3 is 0 Å². The molecule has 1 fully saturated rings. The molecule has 7 nitrogen and oxygen atoms in total. The van der Waals surface area contributed by atoms with E-state index in [0.29, 0.717) is 5.69 Å². The zero-order valence-corrected chi connectivity index (χ0v) is 13.9. The molecule has 0 atom stereocenters. The molecule has 0 bridgehead atoms.